The second-order valence-corrected chi connectivity index (χ2v) is 2.80. The van der Waals surface area contributed by atoms with Gasteiger partial charge in [0.15, 0.2) is 0 Å². The van der Waals surface area contributed by atoms with Gasteiger partial charge in [-0.25, -0.2) is 4.98 Å². The molecule has 1 aromatic heterocycles. The minimum atomic E-state index is 0.654. The van der Waals surface area contributed by atoms with Crippen molar-refractivity contribution in [3.05, 3.63) is 17.8 Å². The quantitative estimate of drug-likeness (QED) is 0.771. The second kappa shape index (κ2) is 4.70. The summed E-state index contributed by atoms with van der Waals surface area (Å²) in [4.78, 5) is 4.15. The summed E-state index contributed by atoms with van der Waals surface area (Å²) in [5.74, 6) is 0.684. The summed E-state index contributed by atoms with van der Waals surface area (Å²) < 4.78 is 5.30. The molecule has 0 aliphatic carbocycles. The van der Waals surface area contributed by atoms with Crippen LogP contribution in [0.5, 0.6) is 5.88 Å². The molecule has 1 N–H and O–H groups in total. The molecule has 1 heterocycles. The Kier molecular flexibility index (Phi) is 3.55. The van der Waals surface area contributed by atoms with Crippen LogP contribution in [0.2, 0.25) is 0 Å². The fourth-order valence-corrected chi connectivity index (χ4v) is 1.11. The lowest BCUT2D eigenvalue weighted by Gasteiger charge is -2.08. The Bertz CT molecular complexity index is 274. The van der Waals surface area contributed by atoms with Gasteiger partial charge in [0, 0.05) is 24.5 Å². The molecule has 0 fully saturated rings. The van der Waals surface area contributed by atoms with E-state index in [-0.39, 0.29) is 0 Å². The van der Waals surface area contributed by atoms with Crippen molar-refractivity contribution in [3.8, 4) is 5.88 Å². The van der Waals surface area contributed by atoms with Crippen LogP contribution in [0.3, 0.4) is 0 Å². The first kappa shape index (κ1) is 9.84. The molecule has 0 aliphatic heterocycles. The molecular formula is C10H16N2O. The molecule has 3 heteroatoms. The highest BCUT2D eigenvalue weighted by atomic mass is 16.5. The molecule has 0 saturated carbocycles. The highest BCUT2D eigenvalue weighted by Crippen LogP contribution is 2.18. The SMILES string of the molecule is CCNc1cc(OCC)ncc1C. The lowest BCUT2D eigenvalue weighted by molar-refractivity contribution is 0.327. The van der Waals surface area contributed by atoms with Crippen molar-refractivity contribution in [1.82, 2.24) is 4.98 Å². The van der Waals surface area contributed by atoms with Crippen LogP contribution in [-0.2, 0) is 0 Å². The summed E-state index contributed by atoms with van der Waals surface area (Å²) >= 11 is 0. The van der Waals surface area contributed by atoms with Crippen LogP contribution in [0.4, 0.5) is 5.69 Å². The molecule has 3 nitrogen and oxygen atoms in total. The fraction of sp³-hybridized carbons (Fsp3) is 0.500. The number of aromatic nitrogens is 1. The average molecular weight is 180 g/mol. The molecular weight excluding hydrogens is 164 g/mol. The summed E-state index contributed by atoms with van der Waals surface area (Å²) in [6.07, 6.45) is 1.82. The standard InChI is InChI=1S/C10H16N2O/c1-4-11-9-6-10(13-5-2)12-7-8(9)3/h6-7H,4-5H2,1-3H3,(H,11,12). The van der Waals surface area contributed by atoms with E-state index in [4.69, 9.17) is 4.74 Å². The van der Waals surface area contributed by atoms with E-state index in [1.807, 2.05) is 26.1 Å². The summed E-state index contributed by atoms with van der Waals surface area (Å²) in [6, 6.07) is 1.93. The Morgan fingerprint density at radius 3 is 2.85 bits per heavy atom. The highest BCUT2D eigenvalue weighted by molar-refractivity contribution is 5.51. The van der Waals surface area contributed by atoms with Gasteiger partial charge in [-0.05, 0) is 26.3 Å². The predicted molar refractivity (Wildman–Crippen MR) is 54.3 cm³/mol. The van der Waals surface area contributed by atoms with Gasteiger partial charge in [-0.2, -0.15) is 0 Å². The minimum absolute atomic E-state index is 0.654. The maximum Gasteiger partial charge on any atom is 0.215 e. The molecule has 13 heavy (non-hydrogen) atoms. The smallest absolute Gasteiger partial charge is 0.215 e. The number of rotatable bonds is 4. The van der Waals surface area contributed by atoms with Gasteiger partial charge >= 0.3 is 0 Å². The molecule has 0 atom stereocenters. The number of anilines is 1. The summed E-state index contributed by atoms with van der Waals surface area (Å²) in [5.41, 5.74) is 2.24. The van der Waals surface area contributed by atoms with Crippen LogP contribution in [-0.4, -0.2) is 18.1 Å². The van der Waals surface area contributed by atoms with Crippen LogP contribution in [0.25, 0.3) is 0 Å². The van der Waals surface area contributed by atoms with Crippen molar-refractivity contribution < 1.29 is 4.74 Å². The number of aryl methyl sites for hydroxylation is 1. The number of hydrogen-bond donors (Lipinski definition) is 1. The van der Waals surface area contributed by atoms with Crippen molar-refractivity contribution >= 4 is 5.69 Å². The molecule has 0 aliphatic rings. The molecule has 0 aromatic carbocycles. The predicted octanol–water partition coefficient (Wildman–Crippen LogP) is 2.22. The second-order valence-electron chi connectivity index (χ2n) is 2.80. The van der Waals surface area contributed by atoms with Gasteiger partial charge in [-0.15, -0.1) is 0 Å². The Labute approximate surface area is 79.1 Å². The third-order valence-electron chi connectivity index (χ3n) is 1.74. The van der Waals surface area contributed by atoms with Crippen molar-refractivity contribution in [2.75, 3.05) is 18.5 Å². The topological polar surface area (TPSA) is 34.1 Å². The maximum absolute atomic E-state index is 5.30. The normalized spacial score (nSPS) is 9.77. The fourth-order valence-electron chi connectivity index (χ4n) is 1.11. The number of nitrogens with zero attached hydrogens (tertiary/aromatic N) is 1. The lowest BCUT2D eigenvalue weighted by Crippen LogP contribution is -2.01. The van der Waals surface area contributed by atoms with Crippen LogP contribution < -0.4 is 10.1 Å². The monoisotopic (exact) mass is 180 g/mol. The molecule has 0 spiro atoms. The van der Waals surface area contributed by atoms with Gasteiger partial charge in [0.05, 0.1) is 6.61 Å². The molecule has 1 aromatic rings. The Morgan fingerprint density at radius 1 is 1.46 bits per heavy atom. The zero-order valence-corrected chi connectivity index (χ0v) is 8.42. The van der Waals surface area contributed by atoms with Crippen LogP contribution in [0, 0.1) is 6.92 Å². The molecule has 72 valence electrons. The number of pyridine rings is 1. The van der Waals surface area contributed by atoms with E-state index in [0.717, 1.165) is 17.8 Å². The van der Waals surface area contributed by atoms with Crippen molar-refractivity contribution in [1.29, 1.82) is 0 Å². The van der Waals surface area contributed by atoms with Gasteiger partial charge in [0.1, 0.15) is 0 Å². The van der Waals surface area contributed by atoms with Gasteiger partial charge in [0.25, 0.3) is 0 Å². The zero-order chi connectivity index (χ0) is 9.68. The van der Waals surface area contributed by atoms with E-state index in [1.54, 1.807) is 0 Å². The number of nitrogens with one attached hydrogen (secondary N) is 1. The largest absolute Gasteiger partial charge is 0.478 e. The average Bonchev–Trinajstić information content (AvgIpc) is 2.12. The third-order valence-corrected chi connectivity index (χ3v) is 1.74. The maximum atomic E-state index is 5.30. The molecule has 0 radical (unpaired) electrons. The molecule has 0 saturated heterocycles. The Hall–Kier alpha value is -1.25. The molecule has 0 bridgehead atoms. The number of hydrogen-bond acceptors (Lipinski definition) is 3. The first-order valence-corrected chi connectivity index (χ1v) is 4.61. The van der Waals surface area contributed by atoms with Gasteiger partial charge in [0.2, 0.25) is 5.88 Å². The van der Waals surface area contributed by atoms with Gasteiger partial charge < -0.3 is 10.1 Å². The van der Waals surface area contributed by atoms with Gasteiger partial charge in [-0.1, -0.05) is 0 Å². The third kappa shape index (κ3) is 2.61. The molecule has 1 rings (SSSR count). The van der Waals surface area contributed by atoms with Gasteiger partial charge in [-0.3, -0.25) is 0 Å². The first-order valence-electron chi connectivity index (χ1n) is 4.61. The molecule has 0 amide bonds. The first-order chi connectivity index (χ1) is 6.27. The number of ether oxygens (including phenoxy) is 1. The minimum Gasteiger partial charge on any atom is -0.478 e. The van der Waals surface area contributed by atoms with Crippen LogP contribution in [0.15, 0.2) is 12.3 Å². The van der Waals surface area contributed by atoms with Crippen LogP contribution >= 0.6 is 0 Å². The summed E-state index contributed by atoms with van der Waals surface area (Å²) in [5, 5.41) is 3.25. The Morgan fingerprint density at radius 2 is 2.23 bits per heavy atom. The Balaban J connectivity index is 2.83. The highest BCUT2D eigenvalue weighted by Gasteiger charge is 2.00. The van der Waals surface area contributed by atoms with E-state index in [9.17, 15) is 0 Å². The van der Waals surface area contributed by atoms with Crippen LogP contribution in [0.1, 0.15) is 19.4 Å². The van der Waals surface area contributed by atoms with Crippen molar-refractivity contribution in [2.24, 2.45) is 0 Å². The van der Waals surface area contributed by atoms with E-state index < -0.39 is 0 Å². The summed E-state index contributed by atoms with van der Waals surface area (Å²) in [7, 11) is 0. The lowest BCUT2D eigenvalue weighted by atomic mass is 10.2. The van der Waals surface area contributed by atoms with E-state index >= 15 is 0 Å². The van der Waals surface area contributed by atoms with E-state index in [1.165, 1.54) is 0 Å². The molecule has 0 unspecified atom stereocenters. The van der Waals surface area contributed by atoms with Crippen molar-refractivity contribution in [3.63, 3.8) is 0 Å². The van der Waals surface area contributed by atoms with E-state index in [2.05, 4.69) is 17.2 Å². The summed E-state index contributed by atoms with van der Waals surface area (Å²) in [6.45, 7) is 7.62. The van der Waals surface area contributed by atoms with E-state index in [0.29, 0.717) is 12.5 Å². The zero-order valence-electron chi connectivity index (χ0n) is 8.42. The van der Waals surface area contributed by atoms with Crippen molar-refractivity contribution in [2.45, 2.75) is 20.8 Å².